The van der Waals surface area contributed by atoms with E-state index in [4.69, 9.17) is 9.15 Å². The summed E-state index contributed by atoms with van der Waals surface area (Å²) in [5.41, 5.74) is 4.19. The summed E-state index contributed by atoms with van der Waals surface area (Å²) in [7, 11) is 0. The number of carbonyl (C=O) groups excluding carboxylic acids is 2. The van der Waals surface area contributed by atoms with Gasteiger partial charge in [0.15, 0.2) is 6.61 Å². The van der Waals surface area contributed by atoms with Gasteiger partial charge in [0.25, 0.3) is 5.91 Å². The van der Waals surface area contributed by atoms with Crippen LogP contribution in [0, 0.1) is 34.6 Å². The van der Waals surface area contributed by atoms with Crippen molar-refractivity contribution >= 4 is 17.6 Å². The number of ether oxygens (including phenoxy) is 1. The number of esters is 1. The number of benzene rings is 1. The molecule has 0 atom stereocenters. The summed E-state index contributed by atoms with van der Waals surface area (Å²) in [5.74, 6) is 0.182. The lowest BCUT2D eigenvalue weighted by molar-refractivity contribution is -0.119. The van der Waals surface area contributed by atoms with Crippen LogP contribution in [0.2, 0.25) is 0 Å². The van der Waals surface area contributed by atoms with E-state index in [2.05, 4.69) is 5.32 Å². The monoisotopic (exact) mass is 315 g/mol. The third kappa shape index (κ3) is 4.00. The van der Waals surface area contributed by atoms with Gasteiger partial charge >= 0.3 is 5.97 Å². The van der Waals surface area contributed by atoms with Crippen LogP contribution in [0.3, 0.4) is 0 Å². The number of carbonyl (C=O) groups is 2. The summed E-state index contributed by atoms with van der Waals surface area (Å²) >= 11 is 0. The lowest BCUT2D eigenvalue weighted by atomic mass is 10.1. The zero-order chi connectivity index (χ0) is 17.1. The largest absolute Gasteiger partial charge is 0.466 e. The molecule has 2 aromatic rings. The number of furan rings is 1. The van der Waals surface area contributed by atoms with Crippen LogP contribution in [0.1, 0.15) is 38.6 Å². The molecule has 0 radical (unpaired) electrons. The van der Waals surface area contributed by atoms with Gasteiger partial charge in [-0.3, -0.25) is 4.79 Å². The van der Waals surface area contributed by atoms with Crippen molar-refractivity contribution in [3.63, 3.8) is 0 Å². The van der Waals surface area contributed by atoms with Gasteiger partial charge in [0, 0.05) is 5.69 Å². The lowest BCUT2D eigenvalue weighted by Crippen LogP contribution is -2.22. The summed E-state index contributed by atoms with van der Waals surface area (Å²) in [5, 5.41) is 2.79. The number of anilines is 1. The molecule has 5 nitrogen and oxygen atoms in total. The first kappa shape index (κ1) is 16.8. The molecule has 0 saturated carbocycles. The molecule has 23 heavy (non-hydrogen) atoms. The fourth-order valence-electron chi connectivity index (χ4n) is 2.60. The van der Waals surface area contributed by atoms with E-state index in [1.807, 2.05) is 32.9 Å². The molecule has 0 fully saturated rings. The van der Waals surface area contributed by atoms with Crippen molar-refractivity contribution in [2.75, 3.05) is 11.9 Å². The molecule has 0 bridgehead atoms. The normalized spacial score (nSPS) is 10.5. The fraction of sp³-hybridized carbons (Fsp3) is 0.333. The number of rotatable bonds is 4. The second kappa shape index (κ2) is 6.69. The van der Waals surface area contributed by atoms with Gasteiger partial charge in [-0.1, -0.05) is 17.7 Å². The molecule has 0 spiro atoms. The minimum atomic E-state index is -0.563. The molecule has 122 valence electrons. The first-order valence-electron chi connectivity index (χ1n) is 7.39. The van der Waals surface area contributed by atoms with Gasteiger partial charge < -0.3 is 14.5 Å². The molecular weight excluding hydrogens is 294 g/mol. The van der Waals surface area contributed by atoms with Crippen LogP contribution in [0.5, 0.6) is 0 Å². The predicted octanol–water partition coefficient (Wildman–Crippen LogP) is 3.62. The van der Waals surface area contributed by atoms with Crippen LogP contribution < -0.4 is 5.32 Å². The van der Waals surface area contributed by atoms with E-state index in [0.29, 0.717) is 17.1 Å². The minimum absolute atomic E-state index is 0.338. The van der Waals surface area contributed by atoms with Crippen molar-refractivity contribution in [1.29, 1.82) is 0 Å². The molecule has 1 aromatic heterocycles. The van der Waals surface area contributed by atoms with Gasteiger partial charge in [0.05, 0.1) is 0 Å². The van der Waals surface area contributed by atoms with Crippen molar-refractivity contribution in [2.45, 2.75) is 34.6 Å². The van der Waals surface area contributed by atoms with Crippen molar-refractivity contribution in [3.8, 4) is 0 Å². The number of aryl methyl sites for hydroxylation is 5. The second-order valence-electron chi connectivity index (χ2n) is 5.72. The standard InChI is InChI=1S/C18H21NO4/c1-10-6-11(2)17(12(3)7-10)19-16(20)9-22-18(21)15-8-13(4)23-14(15)5/h6-8H,9H2,1-5H3,(H,19,20). The Labute approximate surface area is 135 Å². The average Bonchev–Trinajstić information content (AvgIpc) is 2.79. The maximum atomic E-state index is 12.0. The molecule has 0 aliphatic carbocycles. The molecule has 2 rings (SSSR count). The van der Waals surface area contributed by atoms with E-state index in [9.17, 15) is 9.59 Å². The highest BCUT2D eigenvalue weighted by molar-refractivity contribution is 5.96. The maximum absolute atomic E-state index is 12.0. The maximum Gasteiger partial charge on any atom is 0.342 e. The quantitative estimate of drug-likeness (QED) is 0.875. The van der Waals surface area contributed by atoms with Crippen LogP contribution in [0.4, 0.5) is 5.69 Å². The molecular formula is C18H21NO4. The zero-order valence-corrected chi connectivity index (χ0v) is 14.1. The smallest absolute Gasteiger partial charge is 0.342 e. The van der Waals surface area contributed by atoms with Crippen molar-refractivity contribution in [1.82, 2.24) is 0 Å². The first-order valence-corrected chi connectivity index (χ1v) is 7.39. The molecule has 0 saturated heterocycles. The van der Waals surface area contributed by atoms with Gasteiger partial charge in [-0.05, 0) is 51.8 Å². The SMILES string of the molecule is Cc1cc(C)c(NC(=O)COC(=O)c2cc(C)oc2C)c(C)c1. The minimum Gasteiger partial charge on any atom is -0.466 e. The number of amides is 1. The van der Waals surface area contributed by atoms with Crippen LogP contribution in [-0.4, -0.2) is 18.5 Å². The average molecular weight is 315 g/mol. The van der Waals surface area contributed by atoms with E-state index in [1.54, 1.807) is 19.9 Å². The van der Waals surface area contributed by atoms with E-state index < -0.39 is 5.97 Å². The van der Waals surface area contributed by atoms with E-state index in [-0.39, 0.29) is 12.5 Å². The van der Waals surface area contributed by atoms with Crippen molar-refractivity contribution in [3.05, 3.63) is 52.0 Å². The molecule has 0 unspecified atom stereocenters. The van der Waals surface area contributed by atoms with Crippen LogP contribution in [-0.2, 0) is 9.53 Å². The van der Waals surface area contributed by atoms with Gasteiger partial charge in [-0.25, -0.2) is 4.79 Å². The molecule has 5 heteroatoms. The van der Waals surface area contributed by atoms with E-state index >= 15 is 0 Å². The molecule has 0 aliphatic heterocycles. The summed E-state index contributed by atoms with van der Waals surface area (Å²) in [4.78, 5) is 24.0. The highest BCUT2D eigenvalue weighted by Gasteiger charge is 2.17. The van der Waals surface area contributed by atoms with Crippen LogP contribution in [0.25, 0.3) is 0 Å². The number of hydrogen-bond donors (Lipinski definition) is 1. The molecule has 1 heterocycles. The Hall–Kier alpha value is -2.56. The summed E-state index contributed by atoms with van der Waals surface area (Å²) in [6.45, 7) is 8.96. The van der Waals surface area contributed by atoms with Gasteiger partial charge in [0.1, 0.15) is 17.1 Å². The Morgan fingerprint density at radius 2 is 1.65 bits per heavy atom. The first-order chi connectivity index (χ1) is 10.8. The number of hydrogen-bond acceptors (Lipinski definition) is 4. The fourth-order valence-corrected chi connectivity index (χ4v) is 2.60. The number of nitrogens with one attached hydrogen (secondary N) is 1. The van der Waals surface area contributed by atoms with Gasteiger partial charge in [0.2, 0.25) is 0 Å². The molecule has 1 aromatic carbocycles. The Morgan fingerprint density at radius 3 is 2.17 bits per heavy atom. The lowest BCUT2D eigenvalue weighted by Gasteiger charge is -2.12. The van der Waals surface area contributed by atoms with Crippen LogP contribution in [0.15, 0.2) is 22.6 Å². The third-order valence-electron chi connectivity index (χ3n) is 3.54. The topological polar surface area (TPSA) is 68.5 Å². The van der Waals surface area contributed by atoms with Crippen molar-refractivity contribution < 1.29 is 18.7 Å². The van der Waals surface area contributed by atoms with E-state index in [1.165, 1.54) is 0 Å². The molecule has 0 aliphatic rings. The Balaban J connectivity index is 1.98. The Kier molecular flexibility index (Phi) is 4.89. The summed E-state index contributed by atoms with van der Waals surface area (Å²) in [6.07, 6.45) is 0. The zero-order valence-electron chi connectivity index (χ0n) is 14.1. The van der Waals surface area contributed by atoms with Crippen LogP contribution >= 0.6 is 0 Å². The predicted molar refractivity (Wildman–Crippen MR) is 87.7 cm³/mol. The Morgan fingerprint density at radius 1 is 1.04 bits per heavy atom. The van der Waals surface area contributed by atoms with Crippen molar-refractivity contribution in [2.24, 2.45) is 0 Å². The van der Waals surface area contributed by atoms with Gasteiger partial charge in [-0.15, -0.1) is 0 Å². The molecule has 1 amide bonds. The van der Waals surface area contributed by atoms with Gasteiger partial charge in [-0.2, -0.15) is 0 Å². The summed E-state index contributed by atoms with van der Waals surface area (Å²) < 4.78 is 10.3. The Bertz CT molecular complexity index is 735. The second-order valence-corrected chi connectivity index (χ2v) is 5.72. The van der Waals surface area contributed by atoms with E-state index in [0.717, 1.165) is 22.4 Å². The third-order valence-corrected chi connectivity index (χ3v) is 3.54. The summed E-state index contributed by atoms with van der Waals surface area (Å²) in [6, 6.07) is 5.59. The highest BCUT2D eigenvalue weighted by Crippen LogP contribution is 2.22. The highest BCUT2D eigenvalue weighted by atomic mass is 16.5. The molecule has 1 N–H and O–H groups in total.